The van der Waals surface area contributed by atoms with Crippen molar-refractivity contribution in [3.8, 4) is 0 Å². The van der Waals surface area contributed by atoms with Gasteiger partial charge in [-0.1, -0.05) is 11.6 Å². The van der Waals surface area contributed by atoms with E-state index >= 15 is 0 Å². The van der Waals surface area contributed by atoms with Gasteiger partial charge in [-0.15, -0.1) is 11.6 Å². The fourth-order valence-electron chi connectivity index (χ4n) is 0.261. The highest BCUT2D eigenvalue weighted by Gasteiger charge is 2.10. The summed E-state index contributed by atoms with van der Waals surface area (Å²) in [5.74, 6) is 0. The predicted molar refractivity (Wildman–Crippen MR) is 33.2 cm³/mol. The maximum atomic E-state index is 8.47. The van der Waals surface area contributed by atoms with Gasteiger partial charge in [0, 0.05) is 6.61 Å². The molecule has 0 aromatic heterocycles. The lowest BCUT2D eigenvalue weighted by molar-refractivity contribution is 0.219. The zero-order valence-electron chi connectivity index (χ0n) is 4.22. The molecule has 2 N–H and O–H groups in total. The van der Waals surface area contributed by atoms with Gasteiger partial charge < -0.3 is 10.2 Å². The lowest BCUT2D eigenvalue weighted by Gasteiger charge is -2.06. The van der Waals surface area contributed by atoms with Gasteiger partial charge in [0.25, 0.3) is 0 Å². The first-order chi connectivity index (χ1) is 3.68. The zero-order chi connectivity index (χ0) is 6.57. The molecule has 8 heavy (non-hydrogen) atoms. The molecule has 0 aliphatic rings. The number of rotatable bonds is 3. The fraction of sp³-hybridized carbons (Fsp3) is 1.00. The first-order valence-corrected chi connectivity index (χ1v) is 3.13. The highest BCUT2D eigenvalue weighted by Crippen LogP contribution is 2.09. The fourth-order valence-corrected chi connectivity index (χ4v) is 0.484. The summed E-state index contributed by atoms with van der Waals surface area (Å²) in [5.41, 5.74) is -1.05. The van der Waals surface area contributed by atoms with Crippen molar-refractivity contribution < 1.29 is 10.2 Å². The van der Waals surface area contributed by atoms with Crippen molar-refractivity contribution in [3.63, 3.8) is 0 Å². The normalized spacial score (nSPS) is 18.0. The SMILES string of the molecule is OCCC(Cl)C(O)Cl. The molecule has 2 atom stereocenters. The standard InChI is InChI=1S/C4H8Cl2O2/c5-3(1-2-7)4(6)8/h3-4,7-8H,1-2H2. The van der Waals surface area contributed by atoms with Gasteiger partial charge in [-0.3, -0.25) is 0 Å². The van der Waals surface area contributed by atoms with Gasteiger partial charge in [-0.05, 0) is 6.42 Å². The highest BCUT2D eigenvalue weighted by atomic mass is 35.5. The third-order valence-corrected chi connectivity index (χ3v) is 1.59. The summed E-state index contributed by atoms with van der Waals surface area (Å²) in [6.45, 7) is -0.0437. The summed E-state index contributed by atoms with van der Waals surface area (Å²) >= 11 is 10.5. The number of hydrogen-bond donors (Lipinski definition) is 2. The molecule has 4 heteroatoms. The Kier molecular flexibility index (Phi) is 4.66. The first-order valence-electron chi connectivity index (χ1n) is 2.25. The maximum absolute atomic E-state index is 8.47. The topological polar surface area (TPSA) is 40.5 Å². The molecule has 2 nitrogen and oxygen atoms in total. The molecule has 0 saturated heterocycles. The van der Waals surface area contributed by atoms with Crippen LogP contribution >= 0.6 is 23.2 Å². The van der Waals surface area contributed by atoms with Gasteiger partial charge in [0.1, 0.15) is 5.56 Å². The minimum atomic E-state index is -1.05. The van der Waals surface area contributed by atoms with Crippen LogP contribution in [0.3, 0.4) is 0 Å². The average Bonchev–Trinajstić information content (AvgIpc) is 1.67. The van der Waals surface area contributed by atoms with Gasteiger partial charge >= 0.3 is 0 Å². The van der Waals surface area contributed by atoms with Crippen LogP contribution < -0.4 is 0 Å². The molecule has 50 valence electrons. The Morgan fingerprint density at radius 3 is 2.00 bits per heavy atom. The Morgan fingerprint density at radius 1 is 1.38 bits per heavy atom. The molecule has 0 spiro atoms. The van der Waals surface area contributed by atoms with Gasteiger partial charge in [0.15, 0.2) is 0 Å². The molecule has 0 aliphatic heterocycles. The second-order valence-electron chi connectivity index (χ2n) is 1.40. The van der Waals surface area contributed by atoms with Gasteiger partial charge in [-0.25, -0.2) is 0 Å². The van der Waals surface area contributed by atoms with E-state index in [1.165, 1.54) is 0 Å². The summed E-state index contributed by atoms with van der Waals surface area (Å²) in [5, 5.41) is 16.2. The van der Waals surface area contributed by atoms with Crippen LogP contribution in [0.1, 0.15) is 6.42 Å². The Bertz CT molecular complexity index is 58.0. The quantitative estimate of drug-likeness (QED) is 0.589. The van der Waals surface area contributed by atoms with E-state index in [9.17, 15) is 0 Å². The van der Waals surface area contributed by atoms with E-state index < -0.39 is 10.9 Å². The molecular weight excluding hydrogens is 151 g/mol. The summed E-state index contributed by atoms with van der Waals surface area (Å²) in [6.07, 6.45) is 0.326. The van der Waals surface area contributed by atoms with Crippen LogP contribution in [-0.2, 0) is 0 Å². The Hall–Kier alpha value is 0.500. The first kappa shape index (κ1) is 8.50. The van der Waals surface area contributed by atoms with Crippen LogP contribution in [0.15, 0.2) is 0 Å². The third-order valence-electron chi connectivity index (χ3n) is 0.703. The minimum absolute atomic E-state index is 0.0437. The monoisotopic (exact) mass is 158 g/mol. The number of aliphatic hydroxyl groups is 2. The van der Waals surface area contributed by atoms with Crippen molar-refractivity contribution in [2.75, 3.05) is 6.61 Å². The average molecular weight is 159 g/mol. The molecule has 0 saturated carbocycles. The van der Waals surface area contributed by atoms with Gasteiger partial charge in [-0.2, -0.15) is 0 Å². The third kappa shape index (κ3) is 3.50. The van der Waals surface area contributed by atoms with Crippen molar-refractivity contribution in [1.82, 2.24) is 0 Å². The Balaban J connectivity index is 3.17. The van der Waals surface area contributed by atoms with Crippen LogP contribution in [-0.4, -0.2) is 27.8 Å². The lowest BCUT2D eigenvalue weighted by atomic mass is 10.3. The molecule has 0 radical (unpaired) electrons. The van der Waals surface area contributed by atoms with E-state index in [0.29, 0.717) is 6.42 Å². The molecule has 0 heterocycles. The number of halogens is 2. The van der Waals surface area contributed by atoms with Crippen molar-refractivity contribution in [2.24, 2.45) is 0 Å². The second kappa shape index (κ2) is 4.39. The summed E-state index contributed by atoms with van der Waals surface area (Å²) < 4.78 is 0. The Labute approximate surface area is 58.0 Å². The largest absolute Gasteiger partial charge is 0.396 e. The van der Waals surface area contributed by atoms with E-state index in [1.54, 1.807) is 0 Å². The molecule has 0 fully saturated rings. The maximum Gasteiger partial charge on any atom is 0.144 e. The predicted octanol–water partition coefficient (Wildman–Crippen LogP) is 0.533. The molecule has 0 aliphatic carbocycles. The van der Waals surface area contributed by atoms with E-state index in [-0.39, 0.29) is 6.61 Å². The molecule has 2 unspecified atom stereocenters. The summed E-state index contributed by atoms with van der Waals surface area (Å²) in [7, 11) is 0. The van der Waals surface area contributed by atoms with E-state index in [0.717, 1.165) is 0 Å². The summed E-state index contributed by atoms with van der Waals surface area (Å²) in [4.78, 5) is 0. The molecule has 0 rings (SSSR count). The van der Waals surface area contributed by atoms with Gasteiger partial charge in [0.05, 0.1) is 5.38 Å². The van der Waals surface area contributed by atoms with E-state index in [2.05, 4.69) is 0 Å². The number of aliphatic hydroxyl groups excluding tert-OH is 2. The van der Waals surface area contributed by atoms with E-state index in [1.807, 2.05) is 0 Å². The molecule has 0 amide bonds. The number of alkyl halides is 2. The number of hydrogen-bond acceptors (Lipinski definition) is 2. The molecule has 0 bridgehead atoms. The van der Waals surface area contributed by atoms with Crippen molar-refractivity contribution in [2.45, 2.75) is 17.4 Å². The van der Waals surface area contributed by atoms with Crippen molar-refractivity contribution in [1.29, 1.82) is 0 Å². The van der Waals surface area contributed by atoms with Crippen LogP contribution in [0.5, 0.6) is 0 Å². The van der Waals surface area contributed by atoms with E-state index in [4.69, 9.17) is 33.4 Å². The molecule has 0 aromatic rings. The summed E-state index contributed by atoms with van der Waals surface area (Å²) in [6, 6.07) is 0. The molecule has 0 aromatic carbocycles. The van der Waals surface area contributed by atoms with Crippen molar-refractivity contribution >= 4 is 23.2 Å². The smallest absolute Gasteiger partial charge is 0.144 e. The minimum Gasteiger partial charge on any atom is -0.396 e. The second-order valence-corrected chi connectivity index (χ2v) is 2.41. The highest BCUT2D eigenvalue weighted by molar-refractivity contribution is 6.29. The van der Waals surface area contributed by atoms with Crippen LogP contribution in [0.2, 0.25) is 0 Å². The van der Waals surface area contributed by atoms with Gasteiger partial charge in [0.2, 0.25) is 0 Å². The lowest BCUT2D eigenvalue weighted by Crippen LogP contribution is -2.14. The Morgan fingerprint density at radius 2 is 1.88 bits per heavy atom. The van der Waals surface area contributed by atoms with Crippen LogP contribution in [0, 0.1) is 0 Å². The van der Waals surface area contributed by atoms with Crippen molar-refractivity contribution in [3.05, 3.63) is 0 Å². The van der Waals surface area contributed by atoms with Crippen LogP contribution in [0.4, 0.5) is 0 Å². The van der Waals surface area contributed by atoms with Crippen LogP contribution in [0.25, 0.3) is 0 Å². The molecular formula is C4H8Cl2O2. The zero-order valence-corrected chi connectivity index (χ0v) is 5.73.